The van der Waals surface area contributed by atoms with Crippen molar-refractivity contribution in [2.45, 2.75) is 44.3 Å². The predicted octanol–water partition coefficient (Wildman–Crippen LogP) is 5.06. The SMILES string of the molecule is CC(O)CC(O)/C=C/c1c(C2CC2)nc2ccccc2c1-c1ccc(F)cc1. The molecule has 0 amide bonds. The molecule has 0 saturated heterocycles. The van der Waals surface area contributed by atoms with E-state index in [4.69, 9.17) is 4.98 Å². The van der Waals surface area contributed by atoms with Crippen LogP contribution >= 0.6 is 0 Å². The first-order valence-electron chi connectivity index (χ1n) is 9.76. The maximum atomic E-state index is 13.5. The van der Waals surface area contributed by atoms with E-state index in [9.17, 15) is 14.6 Å². The Morgan fingerprint density at radius 3 is 2.50 bits per heavy atom. The lowest BCUT2D eigenvalue weighted by Gasteiger charge is -2.16. The number of aliphatic hydroxyl groups excluding tert-OH is 2. The average Bonchev–Trinajstić information content (AvgIpc) is 3.51. The Morgan fingerprint density at radius 2 is 1.82 bits per heavy atom. The first kappa shape index (κ1) is 18.8. The van der Waals surface area contributed by atoms with Gasteiger partial charge in [-0.3, -0.25) is 4.98 Å². The molecule has 0 spiro atoms. The van der Waals surface area contributed by atoms with Crippen molar-refractivity contribution in [1.29, 1.82) is 0 Å². The van der Waals surface area contributed by atoms with Gasteiger partial charge in [-0.15, -0.1) is 0 Å². The van der Waals surface area contributed by atoms with Crippen LogP contribution in [0.2, 0.25) is 0 Å². The Balaban J connectivity index is 1.92. The van der Waals surface area contributed by atoms with Crippen LogP contribution < -0.4 is 0 Å². The summed E-state index contributed by atoms with van der Waals surface area (Å²) in [5, 5.41) is 20.8. The molecule has 0 bridgehead atoms. The van der Waals surface area contributed by atoms with Crippen LogP contribution in [0.25, 0.3) is 28.1 Å². The molecular weight excluding hydrogens is 353 g/mol. The normalized spacial score (nSPS) is 16.6. The van der Waals surface area contributed by atoms with Crippen molar-refractivity contribution >= 4 is 17.0 Å². The molecule has 1 fully saturated rings. The summed E-state index contributed by atoms with van der Waals surface area (Å²) >= 11 is 0. The van der Waals surface area contributed by atoms with Crippen molar-refractivity contribution in [2.75, 3.05) is 0 Å². The fourth-order valence-corrected chi connectivity index (χ4v) is 3.65. The largest absolute Gasteiger partial charge is 0.393 e. The molecular formula is C24H24FNO2. The van der Waals surface area contributed by atoms with E-state index in [-0.39, 0.29) is 12.2 Å². The molecule has 0 radical (unpaired) electrons. The van der Waals surface area contributed by atoms with Crippen LogP contribution in [0, 0.1) is 5.82 Å². The van der Waals surface area contributed by atoms with Gasteiger partial charge < -0.3 is 10.2 Å². The highest BCUT2D eigenvalue weighted by Crippen LogP contribution is 2.45. The number of benzene rings is 2. The van der Waals surface area contributed by atoms with Gasteiger partial charge in [0.25, 0.3) is 0 Å². The van der Waals surface area contributed by atoms with Crippen molar-refractivity contribution in [3.63, 3.8) is 0 Å². The van der Waals surface area contributed by atoms with Crippen LogP contribution in [0.4, 0.5) is 4.39 Å². The fraction of sp³-hybridized carbons (Fsp3) is 0.292. The highest BCUT2D eigenvalue weighted by Gasteiger charge is 2.29. The molecule has 28 heavy (non-hydrogen) atoms. The van der Waals surface area contributed by atoms with Crippen LogP contribution in [0.1, 0.15) is 43.4 Å². The number of aromatic nitrogens is 1. The van der Waals surface area contributed by atoms with Gasteiger partial charge in [0.15, 0.2) is 0 Å². The predicted molar refractivity (Wildman–Crippen MR) is 110 cm³/mol. The number of hydrogen-bond acceptors (Lipinski definition) is 3. The zero-order chi connectivity index (χ0) is 19.7. The van der Waals surface area contributed by atoms with Gasteiger partial charge in [-0.25, -0.2) is 4.39 Å². The zero-order valence-electron chi connectivity index (χ0n) is 15.8. The quantitative estimate of drug-likeness (QED) is 0.631. The van der Waals surface area contributed by atoms with E-state index < -0.39 is 12.2 Å². The molecule has 2 N–H and O–H groups in total. The number of rotatable bonds is 6. The van der Waals surface area contributed by atoms with E-state index in [1.165, 1.54) is 12.1 Å². The molecule has 144 valence electrons. The van der Waals surface area contributed by atoms with E-state index in [2.05, 4.69) is 0 Å². The van der Waals surface area contributed by atoms with Gasteiger partial charge in [0.2, 0.25) is 0 Å². The van der Waals surface area contributed by atoms with Gasteiger partial charge in [-0.1, -0.05) is 42.5 Å². The number of halogens is 1. The van der Waals surface area contributed by atoms with Crippen molar-refractivity contribution in [2.24, 2.45) is 0 Å². The summed E-state index contributed by atoms with van der Waals surface area (Å²) in [6, 6.07) is 14.5. The Kier molecular flexibility index (Phi) is 5.25. The second-order valence-electron chi connectivity index (χ2n) is 7.60. The van der Waals surface area contributed by atoms with E-state index in [1.807, 2.05) is 30.3 Å². The van der Waals surface area contributed by atoms with Crippen LogP contribution in [-0.2, 0) is 0 Å². The number of pyridine rings is 1. The van der Waals surface area contributed by atoms with Crippen molar-refractivity contribution < 1.29 is 14.6 Å². The summed E-state index contributed by atoms with van der Waals surface area (Å²) in [5.41, 5.74) is 4.85. The minimum atomic E-state index is -0.736. The molecule has 1 aliphatic carbocycles. The van der Waals surface area contributed by atoms with Crippen LogP contribution in [0.5, 0.6) is 0 Å². The first-order chi connectivity index (χ1) is 13.5. The molecule has 0 aliphatic heterocycles. The lowest BCUT2D eigenvalue weighted by atomic mass is 9.92. The lowest BCUT2D eigenvalue weighted by molar-refractivity contribution is 0.117. The third kappa shape index (κ3) is 3.98. The topological polar surface area (TPSA) is 53.4 Å². The van der Waals surface area contributed by atoms with E-state index in [0.29, 0.717) is 5.92 Å². The monoisotopic (exact) mass is 377 g/mol. The Labute approximate surface area is 164 Å². The van der Waals surface area contributed by atoms with E-state index in [0.717, 1.165) is 46.1 Å². The van der Waals surface area contributed by atoms with Gasteiger partial charge in [-0.2, -0.15) is 0 Å². The molecule has 4 rings (SSSR count). The fourth-order valence-electron chi connectivity index (χ4n) is 3.65. The van der Waals surface area contributed by atoms with Crippen LogP contribution in [0.3, 0.4) is 0 Å². The van der Waals surface area contributed by atoms with Gasteiger partial charge in [0.05, 0.1) is 23.4 Å². The number of para-hydroxylation sites is 1. The minimum absolute atomic E-state index is 0.269. The van der Waals surface area contributed by atoms with E-state index >= 15 is 0 Å². The smallest absolute Gasteiger partial charge is 0.123 e. The van der Waals surface area contributed by atoms with Crippen molar-refractivity contribution in [3.05, 3.63) is 71.7 Å². The summed E-state index contributed by atoms with van der Waals surface area (Å²) in [4.78, 5) is 4.92. The second kappa shape index (κ2) is 7.82. The Bertz CT molecular complexity index is 1010. The number of hydrogen-bond donors (Lipinski definition) is 2. The van der Waals surface area contributed by atoms with Gasteiger partial charge in [-0.05, 0) is 43.5 Å². The summed E-state index contributed by atoms with van der Waals surface area (Å²) in [6.45, 7) is 1.66. The molecule has 1 aliphatic rings. The molecule has 2 unspecified atom stereocenters. The van der Waals surface area contributed by atoms with Crippen molar-refractivity contribution in [1.82, 2.24) is 4.98 Å². The summed E-state index contributed by atoms with van der Waals surface area (Å²) < 4.78 is 13.5. The summed E-state index contributed by atoms with van der Waals surface area (Å²) in [6.07, 6.45) is 4.81. The van der Waals surface area contributed by atoms with Crippen LogP contribution in [0.15, 0.2) is 54.6 Å². The minimum Gasteiger partial charge on any atom is -0.393 e. The van der Waals surface area contributed by atoms with Gasteiger partial charge in [0, 0.05) is 28.9 Å². The Hall–Kier alpha value is -2.56. The van der Waals surface area contributed by atoms with Gasteiger partial charge >= 0.3 is 0 Å². The van der Waals surface area contributed by atoms with Gasteiger partial charge in [0.1, 0.15) is 5.82 Å². The molecule has 1 aromatic heterocycles. The van der Waals surface area contributed by atoms with E-state index in [1.54, 1.807) is 25.1 Å². The number of aliphatic hydroxyl groups is 2. The molecule has 4 heteroatoms. The first-order valence-corrected chi connectivity index (χ1v) is 9.76. The molecule has 2 atom stereocenters. The molecule has 3 aromatic rings. The highest BCUT2D eigenvalue weighted by atomic mass is 19.1. The third-order valence-electron chi connectivity index (χ3n) is 5.12. The summed E-state index contributed by atoms with van der Waals surface area (Å²) in [5.74, 6) is 0.145. The number of fused-ring (bicyclic) bond motifs is 1. The maximum Gasteiger partial charge on any atom is 0.123 e. The second-order valence-corrected chi connectivity index (χ2v) is 7.60. The average molecular weight is 377 g/mol. The third-order valence-corrected chi connectivity index (χ3v) is 5.12. The Morgan fingerprint density at radius 1 is 1.11 bits per heavy atom. The highest BCUT2D eigenvalue weighted by molar-refractivity contribution is 5.99. The number of nitrogens with zero attached hydrogens (tertiary/aromatic N) is 1. The molecule has 2 aromatic carbocycles. The zero-order valence-corrected chi connectivity index (χ0v) is 15.8. The van der Waals surface area contributed by atoms with Crippen molar-refractivity contribution in [3.8, 4) is 11.1 Å². The molecule has 1 heterocycles. The molecule has 3 nitrogen and oxygen atoms in total. The molecule has 1 saturated carbocycles. The summed E-state index contributed by atoms with van der Waals surface area (Å²) in [7, 11) is 0. The van der Waals surface area contributed by atoms with Crippen LogP contribution in [-0.4, -0.2) is 27.4 Å². The standard InChI is InChI=1S/C24H24FNO2/c1-15(27)14-19(28)12-13-21-23(16-8-10-18(25)11-9-16)20-4-2-3-5-22(20)26-24(21)17-6-7-17/h2-5,8-13,15,17,19,27-28H,6-7,14H2,1H3/b13-12+. The lowest BCUT2D eigenvalue weighted by Crippen LogP contribution is -2.12. The maximum absolute atomic E-state index is 13.5.